The fourth-order valence-corrected chi connectivity index (χ4v) is 2.79. The number of amides is 1. The van der Waals surface area contributed by atoms with E-state index in [0.29, 0.717) is 17.7 Å². The monoisotopic (exact) mass is 254 g/mol. The number of aromatic nitrogens is 1. The molecule has 1 fully saturated rings. The molecular formula is C11H14N2O3S. The second-order valence-corrected chi connectivity index (χ2v) is 5.53. The van der Waals surface area contributed by atoms with Crippen LogP contribution in [0.2, 0.25) is 0 Å². The molecule has 92 valence electrons. The van der Waals surface area contributed by atoms with E-state index in [2.05, 4.69) is 10.3 Å². The fourth-order valence-electron chi connectivity index (χ4n) is 2.12. The summed E-state index contributed by atoms with van der Waals surface area (Å²) in [6.07, 6.45) is 4.18. The van der Waals surface area contributed by atoms with E-state index in [4.69, 9.17) is 0 Å². The van der Waals surface area contributed by atoms with Crippen LogP contribution in [0.5, 0.6) is 0 Å². The van der Waals surface area contributed by atoms with Crippen molar-refractivity contribution in [2.24, 2.45) is 0 Å². The molecule has 17 heavy (non-hydrogen) atoms. The number of carbonyl (C=O) groups is 2. The number of hydrogen-bond acceptors (Lipinski definition) is 4. The van der Waals surface area contributed by atoms with E-state index < -0.39 is 11.5 Å². The van der Waals surface area contributed by atoms with Crippen molar-refractivity contribution in [2.45, 2.75) is 38.1 Å². The molecule has 0 saturated heterocycles. The topological polar surface area (TPSA) is 79.3 Å². The summed E-state index contributed by atoms with van der Waals surface area (Å²) in [7, 11) is 0. The Morgan fingerprint density at radius 2 is 2.12 bits per heavy atom. The van der Waals surface area contributed by atoms with E-state index in [0.717, 1.165) is 17.8 Å². The summed E-state index contributed by atoms with van der Waals surface area (Å²) < 4.78 is 0. The van der Waals surface area contributed by atoms with Crippen molar-refractivity contribution in [3.63, 3.8) is 0 Å². The van der Waals surface area contributed by atoms with Crippen LogP contribution in [0, 0.1) is 6.92 Å². The second-order valence-electron chi connectivity index (χ2n) is 4.29. The molecule has 1 aromatic rings. The number of hydrogen-bond donors (Lipinski definition) is 2. The number of nitrogens with zero attached hydrogens (tertiary/aromatic N) is 1. The highest BCUT2D eigenvalue weighted by Gasteiger charge is 2.42. The molecule has 1 aliphatic carbocycles. The molecule has 0 aromatic carbocycles. The minimum absolute atomic E-state index is 0.333. The number of rotatable bonds is 3. The van der Waals surface area contributed by atoms with Gasteiger partial charge in [-0.1, -0.05) is 12.8 Å². The predicted molar refractivity (Wildman–Crippen MR) is 63.2 cm³/mol. The molecule has 1 aliphatic rings. The van der Waals surface area contributed by atoms with Crippen LogP contribution in [-0.2, 0) is 4.79 Å². The Bertz CT molecular complexity index is 449. The van der Waals surface area contributed by atoms with Gasteiger partial charge < -0.3 is 10.4 Å². The highest BCUT2D eigenvalue weighted by atomic mass is 32.1. The van der Waals surface area contributed by atoms with Crippen LogP contribution in [-0.4, -0.2) is 27.5 Å². The highest BCUT2D eigenvalue weighted by Crippen LogP contribution is 2.30. The normalized spacial score (nSPS) is 17.9. The third kappa shape index (κ3) is 2.31. The average Bonchev–Trinajstić information content (AvgIpc) is 2.87. The van der Waals surface area contributed by atoms with Gasteiger partial charge in [0.2, 0.25) is 0 Å². The van der Waals surface area contributed by atoms with Crippen molar-refractivity contribution in [3.8, 4) is 0 Å². The summed E-state index contributed by atoms with van der Waals surface area (Å²) in [5, 5.41) is 12.7. The van der Waals surface area contributed by atoms with Gasteiger partial charge in [0.25, 0.3) is 5.91 Å². The quantitative estimate of drug-likeness (QED) is 0.858. The lowest BCUT2D eigenvalue weighted by Gasteiger charge is -2.24. The summed E-state index contributed by atoms with van der Waals surface area (Å²) in [5.74, 6) is -1.27. The van der Waals surface area contributed by atoms with Crippen LogP contribution >= 0.6 is 11.3 Å². The first-order chi connectivity index (χ1) is 8.03. The molecule has 1 aromatic heterocycles. The van der Waals surface area contributed by atoms with Gasteiger partial charge in [-0.25, -0.2) is 9.78 Å². The molecule has 2 N–H and O–H groups in total. The lowest BCUT2D eigenvalue weighted by atomic mass is 9.98. The summed E-state index contributed by atoms with van der Waals surface area (Å²) in [5.41, 5.74) is -1.07. The van der Waals surface area contributed by atoms with Gasteiger partial charge >= 0.3 is 5.97 Å². The van der Waals surface area contributed by atoms with Gasteiger partial charge in [0.1, 0.15) is 10.4 Å². The first kappa shape index (κ1) is 12.0. The van der Waals surface area contributed by atoms with Gasteiger partial charge in [-0.3, -0.25) is 4.79 Å². The third-order valence-electron chi connectivity index (χ3n) is 3.06. The van der Waals surface area contributed by atoms with Crippen molar-refractivity contribution >= 4 is 23.2 Å². The summed E-state index contributed by atoms with van der Waals surface area (Å²) in [4.78, 5) is 27.6. The zero-order valence-electron chi connectivity index (χ0n) is 9.52. The maximum absolute atomic E-state index is 11.9. The molecule has 0 spiro atoms. The van der Waals surface area contributed by atoms with E-state index in [9.17, 15) is 14.7 Å². The Morgan fingerprint density at radius 1 is 1.47 bits per heavy atom. The van der Waals surface area contributed by atoms with Crippen LogP contribution in [0.4, 0.5) is 0 Å². The minimum Gasteiger partial charge on any atom is -0.480 e. The first-order valence-corrected chi connectivity index (χ1v) is 6.33. The van der Waals surface area contributed by atoms with Crippen LogP contribution in [0.3, 0.4) is 0 Å². The van der Waals surface area contributed by atoms with Gasteiger partial charge in [0.05, 0.1) is 11.2 Å². The number of carbonyl (C=O) groups excluding carboxylic acids is 1. The molecule has 0 atom stereocenters. The van der Waals surface area contributed by atoms with E-state index in [1.165, 1.54) is 17.5 Å². The molecule has 0 radical (unpaired) electrons. The number of aryl methyl sites for hydroxylation is 1. The summed E-state index contributed by atoms with van der Waals surface area (Å²) in [6.45, 7) is 1.81. The Labute approximate surface area is 103 Å². The maximum Gasteiger partial charge on any atom is 0.329 e. The SMILES string of the molecule is Cc1ncc(C(=O)NC2(C(=O)O)CCCC2)s1. The molecule has 5 nitrogen and oxygen atoms in total. The third-order valence-corrected chi connectivity index (χ3v) is 3.98. The predicted octanol–water partition coefficient (Wildman–Crippen LogP) is 1.58. The highest BCUT2D eigenvalue weighted by molar-refractivity contribution is 7.13. The van der Waals surface area contributed by atoms with Crippen molar-refractivity contribution in [3.05, 3.63) is 16.1 Å². The molecule has 1 heterocycles. The maximum atomic E-state index is 11.9. The molecule has 0 bridgehead atoms. The molecule has 6 heteroatoms. The minimum atomic E-state index is -1.07. The van der Waals surface area contributed by atoms with E-state index >= 15 is 0 Å². The largest absolute Gasteiger partial charge is 0.480 e. The summed E-state index contributed by atoms with van der Waals surface area (Å²) >= 11 is 1.27. The van der Waals surface area contributed by atoms with Crippen molar-refractivity contribution < 1.29 is 14.7 Å². The number of carboxylic acid groups (broad SMARTS) is 1. The van der Waals surface area contributed by atoms with Crippen molar-refractivity contribution in [2.75, 3.05) is 0 Å². The number of aliphatic carboxylic acids is 1. The molecule has 0 unspecified atom stereocenters. The van der Waals surface area contributed by atoms with Gasteiger partial charge in [0, 0.05) is 0 Å². The molecule has 2 rings (SSSR count). The van der Waals surface area contributed by atoms with Gasteiger partial charge in [0.15, 0.2) is 0 Å². The second kappa shape index (κ2) is 4.44. The van der Waals surface area contributed by atoms with E-state index in [-0.39, 0.29) is 5.91 Å². The van der Waals surface area contributed by atoms with Crippen LogP contribution in [0.25, 0.3) is 0 Å². The van der Waals surface area contributed by atoms with Crippen LogP contribution < -0.4 is 5.32 Å². The summed E-state index contributed by atoms with van der Waals surface area (Å²) in [6, 6.07) is 0. The van der Waals surface area contributed by atoms with Crippen LogP contribution in [0.15, 0.2) is 6.20 Å². The number of carboxylic acids is 1. The molecular weight excluding hydrogens is 240 g/mol. The zero-order chi connectivity index (χ0) is 12.5. The Balaban J connectivity index is 2.14. The van der Waals surface area contributed by atoms with Gasteiger partial charge in [-0.2, -0.15) is 0 Å². The zero-order valence-corrected chi connectivity index (χ0v) is 10.3. The smallest absolute Gasteiger partial charge is 0.329 e. The van der Waals surface area contributed by atoms with Crippen molar-refractivity contribution in [1.29, 1.82) is 0 Å². The lowest BCUT2D eigenvalue weighted by molar-refractivity contribution is -0.144. The molecule has 1 saturated carbocycles. The van der Waals surface area contributed by atoms with E-state index in [1.54, 1.807) is 0 Å². The fraction of sp³-hybridized carbons (Fsp3) is 0.545. The first-order valence-electron chi connectivity index (χ1n) is 5.52. The average molecular weight is 254 g/mol. The molecule has 1 amide bonds. The van der Waals surface area contributed by atoms with Crippen LogP contribution in [0.1, 0.15) is 40.4 Å². The van der Waals surface area contributed by atoms with Gasteiger partial charge in [-0.05, 0) is 19.8 Å². The number of nitrogens with one attached hydrogen (secondary N) is 1. The number of thiazole rings is 1. The lowest BCUT2D eigenvalue weighted by Crippen LogP contribution is -2.52. The van der Waals surface area contributed by atoms with Gasteiger partial charge in [-0.15, -0.1) is 11.3 Å². The Kier molecular flexibility index (Phi) is 3.15. The van der Waals surface area contributed by atoms with E-state index in [1.807, 2.05) is 6.92 Å². The molecule has 0 aliphatic heterocycles. The standard InChI is InChI=1S/C11H14N2O3S/c1-7-12-6-8(17-7)9(14)13-11(10(15)16)4-2-3-5-11/h6H,2-5H2,1H3,(H,13,14)(H,15,16). The Hall–Kier alpha value is -1.43. The van der Waals surface area contributed by atoms with Crippen molar-refractivity contribution in [1.82, 2.24) is 10.3 Å². The Morgan fingerprint density at radius 3 is 2.59 bits per heavy atom.